The second-order valence-corrected chi connectivity index (χ2v) is 2.68. The fraction of sp³-hybridized carbons (Fsp3) is 0.556. The number of hydrogen-bond donors (Lipinski definition) is 2. The first-order valence-electron chi connectivity index (χ1n) is 4.25. The Bertz CT molecular complexity index is 142. The maximum atomic E-state index is 3.21. The highest BCUT2D eigenvalue weighted by Gasteiger charge is 2.04. The van der Waals surface area contributed by atoms with Crippen molar-refractivity contribution in [1.29, 1.82) is 0 Å². The van der Waals surface area contributed by atoms with Crippen molar-refractivity contribution in [2.45, 2.75) is 32.4 Å². The molecule has 0 aromatic carbocycles. The Morgan fingerprint density at radius 3 is 2.64 bits per heavy atom. The average molecular weight is 152 g/mol. The van der Waals surface area contributed by atoms with Crippen LogP contribution in [0.2, 0.25) is 0 Å². The average Bonchev–Trinajstić information content (AvgIpc) is 2.50. The van der Waals surface area contributed by atoms with Crippen LogP contribution in [0.25, 0.3) is 0 Å². The lowest BCUT2D eigenvalue weighted by Crippen LogP contribution is -2.30. The van der Waals surface area contributed by atoms with Crippen molar-refractivity contribution in [2.24, 2.45) is 0 Å². The van der Waals surface area contributed by atoms with Crippen molar-refractivity contribution in [3.63, 3.8) is 0 Å². The van der Waals surface area contributed by atoms with Crippen molar-refractivity contribution < 1.29 is 0 Å². The Kier molecular flexibility index (Phi) is 3.59. The van der Waals surface area contributed by atoms with Crippen LogP contribution in [-0.2, 0) is 0 Å². The molecule has 0 saturated heterocycles. The molecule has 1 aliphatic heterocycles. The molecule has 1 rings (SSSR count). The van der Waals surface area contributed by atoms with E-state index in [2.05, 4.69) is 29.7 Å². The SMILES string of the molecule is CC/C=C/CCC1NC=CN1. The number of allylic oxidation sites excluding steroid dienone is 2. The van der Waals surface area contributed by atoms with E-state index in [1.807, 2.05) is 12.4 Å². The zero-order chi connectivity index (χ0) is 7.94. The summed E-state index contributed by atoms with van der Waals surface area (Å²) >= 11 is 0. The number of nitrogens with one attached hydrogen (secondary N) is 2. The number of rotatable bonds is 4. The molecule has 2 heteroatoms. The largest absolute Gasteiger partial charge is 0.370 e. The molecule has 62 valence electrons. The first-order chi connectivity index (χ1) is 5.43. The van der Waals surface area contributed by atoms with Crippen molar-refractivity contribution >= 4 is 0 Å². The standard InChI is InChI=1S/C9H16N2/c1-2-3-4-5-6-9-10-7-8-11-9/h3-4,7-11H,2,5-6H2,1H3/b4-3+. The molecule has 0 bridgehead atoms. The summed E-state index contributed by atoms with van der Waals surface area (Å²) in [5.41, 5.74) is 0. The summed E-state index contributed by atoms with van der Waals surface area (Å²) in [5, 5.41) is 6.42. The van der Waals surface area contributed by atoms with Gasteiger partial charge in [0, 0.05) is 12.4 Å². The minimum Gasteiger partial charge on any atom is -0.370 e. The minimum absolute atomic E-state index is 0.455. The second kappa shape index (κ2) is 4.83. The molecule has 0 radical (unpaired) electrons. The minimum atomic E-state index is 0.455. The van der Waals surface area contributed by atoms with Gasteiger partial charge in [-0.1, -0.05) is 19.1 Å². The Hall–Kier alpha value is -0.920. The van der Waals surface area contributed by atoms with Gasteiger partial charge in [-0.05, 0) is 19.3 Å². The fourth-order valence-corrected chi connectivity index (χ4v) is 1.09. The molecule has 0 fully saturated rings. The van der Waals surface area contributed by atoms with Crippen molar-refractivity contribution in [3.8, 4) is 0 Å². The number of hydrogen-bond acceptors (Lipinski definition) is 2. The van der Waals surface area contributed by atoms with E-state index in [1.165, 1.54) is 0 Å². The van der Waals surface area contributed by atoms with E-state index in [9.17, 15) is 0 Å². The molecule has 0 unspecified atom stereocenters. The molecule has 2 N–H and O–H groups in total. The lowest BCUT2D eigenvalue weighted by molar-refractivity contribution is 0.532. The van der Waals surface area contributed by atoms with Crippen molar-refractivity contribution in [3.05, 3.63) is 24.6 Å². The molecule has 0 aromatic rings. The van der Waals surface area contributed by atoms with Gasteiger partial charge < -0.3 is 10.6 Å². The van der Waals surface area contributed by atoms with E-state index < -0.39 is 0 Å². The van der Waals surface area contributed by atoms with Crippen molar-refractivity contribution in [1.82, 2.24) is 10.6 Å². The third kappa shape index (κ3) is 3.12. The molecule has 0 aliphatic carbocycles. The molecule has 0 aromatic heterocycles. The van der Waals surface area contributed by atoms with E-state index in [0.717, 1.165) is 19.3 Å². The molecule has 1 heterocycles. The summed E-state index contributed by atoms with van der Waals surface area (Å²) in [6, 6.07) is 0. The zero-order valence-corrected chi connectivity index (χ0v) is 7.01. The van der Waals surface area contributed by atoms with Gasteiger partial charge in [0.25, 0.3) is 0 Å². The molecule has 11 heavy (non-hydrogen) atoms. The molecule has 2 nitrogen and oxygen atoms in total. The van der Waals surface area contributed by atoms with Crippen LogP contribution >= 0.6 is 0 Å². The first-order valence-corrected chi connectivity index (χ1v) is 4.25. The Morgan fingerprint density at radius 1 is 1.27 bits per heavy atom. The van der Waals surface area contributed by atoms with E-state index in [0.29, 0.717) is 6.17 Å². The van der Waals surface area contributed by atoms with E-state index in [-0.39, 0.29) is 0 Å². The third-order valence-corrected chi connectivity index (χ3v) is 1.70. The van der Waals surface area contributed by atoms with Crippen LogP contribution in [0.5, 0.6) is 0 Å². The van der Waals surface area contributed by atoms with E-state index >= 15 is 0 Å². The van der Waals surface area contributed by atoms with E-state index in [4.69, 9.17) is 0 Å². The normalized spacial score (nSPS) is 17.2. The topological polar surface area (TPSA) is 24.1 Å². The van der Waals surface area contributed by atoms with Gasteiger partial charge in [-0.3, -0.25) is 0 Å². The second-order valence-electron chi connectivity index (χ2n) is 2.68. The Morgan fingerprint density at radius 2 is 2.00 bits per heavy atom. The van der Waals surface area contributed by atoms with Crippen LogP contribution in [0.15, 0.2) is 24.6 Å². The van der Waals surface area contributed by atoms with Crippen molar-refractivity contribution in [2.75, 3.05) is 0 Å². The predicted octanol–water partition coefficient (Wildman–Crippen LogP) is 1.72. The highest BCUT2D eigenvalue weighted by molar-refractivity contribution is 4.92. The lowest BCUT2D eigenvalue weighted by atomic mass is 10.2. The smallest absolute Gasteiger partial charge is 0.0958 e. The molecular weight excluding hydrogens is 136 g/mol. The summed E-state index contributed by atoms with van der Waals surface area (Å²) < 4.78 is 0. The van der Waals surface area contributed by atoms with Crippen LogP contribution in [0, 0.1) is 0 Å². The highest BCUT2D eigenvalue weighted by atomic mass is 15.1. The molecular formula is C9H16N2. The molecule has 0 spiro atoms. The van der Waals surface area contributed by atoms with Crippen LogP contribution in [-0.4, -0.2) is 6.17 Å². The quantitative estimate of drug-likeness (QED) is 0.599. The van der Waals surface area contributed by atoms with Crippen LogP contribution in [0.3, 0.4) is 0 Å². The Labute approximate surface area is 68.4 Å². The summed E-state index contributed by atoms with van der Waals surface area (Å²) in [7, 11) is 0. The van der Waals surface area contributed by atoms with Gasteiger partial charge in [-0.25, -0.2) is 0 Å². The maximum Gasteiger partial charge on any atom is 0.0958 e. The van der Waals surface area contributed by atoms with Gasteiger partial charge in [0.1, 0.15) is 0 Å². The summed E-state index contributed by atoms with van der Waals surface area (Å²) in [6.07, 6.45) is 12.3. The molecule has 0 atom stereocenters. The molecule has 0 amide bonds. The van der Waals surface area contributed by atoms with Gasteiger partial charge in [-0.15, -0.1) is 0 Å². The highest BCUT2D eigenvalue weighted by Crippen LogP contribution is 1.99. The van der Waals surface area contributed by atoms with Crippen LogP contribution in [0.4, 0.5) is 0 Å². The summed E-state index contributed by atoms with van der Waals surface area (Å²) in [6.45, 7) is 2.16. The van der Waals surface area contributed by atoms with E-state index in [1.54, 1.807) is 0 Å². The Balaban J connectivity index is 1.99. The predicted molar refractivity (Wildman–Crippen MR) is 47.9 cm³/mol. The lowest BCUT2D eigenvalue weighted by Gasteiger charge is -2.09. The van der Waals surface area contributed by atoms with Gasteiger partial charge in [0.2, 0.25) is 0 Å². The summed E-state index contributed by atoms with van der Waals surface area (Å²) in [5.74, 6) is 0. The maximum absolute atomic E-state index is 3.21. The third-order valence-electron chi connectivity index (χ3n) is 1.70. The first kappa shape index (κ1) is 8.18. The molecule has 0 saturated carbocycles. The van der Waals surface area contributed by atoms with Gasteiger partial charge in [-0.2, -0.15) is 0 Å². The molecule has 1 aliphatic rings. The fourth-order valence-electron chi connectivity index (χ4n) is 1.09. The monoisotopic (exact) mass is 152 g/mol. The van der Waals surface area contributed by atoms with Gasteiger partial charge in [0.05, 0.1) is 6.17 Å². The van der Waals surface area contributed by atoms with Gasteiger partial charge in [0.15, 0.2) is 0 Å². The van der Waals surface area contributed by atoms with Crippen LogP contribution in [0.1, 0.15) is 26.2 Å². The van der Waals surface area contributed by atoms with Gasteiger partial charge >= 0.3 is 0 Å². The zero-order valence-electron chi connectivity index (χ0n) is 7.01. The summed E-state index contributed by atoms with van der Waals surface area (Å²) in [4.78, 5) is 0. The van der Waals surface area contributed by atoms with Crippen LogP contribution < -0.4 is 10.6 Å².